The van der Waals surface area contributed by atoms with Gasteiger partial charge in [0.2, 0.25) is 0 Å². The van der Waals surface area contributed by atoms with Gasteiger partial charge in [0.05, 0.1) is 12.7 Å². The summed E-state index contributed by atoms with van der Waals surface area (Å²) in [6.07, 6.45) is 0.402. The Morgan fingerprint density at radius 1 is 1.10 bits per heavy atom. The van der Waals surface area contributed by atoms with E-state index in [1.807, 2.05) is 12.1 Å². The molecule has 2 atom stereocenters. The SMILES string of the molecule is O[C@@H]1CC(c2ccc3c(c2)CCO3)Oc2ccc(F)cc21. The van der Waals surface area contributed by atoms with E-state index in [4.69, 9.17) is 9.47 Å². The number of benzene rings is 2. The molecule has 0 saturated carbocycles. The standard InChI is InChI=1S/C17H15FO3/c18-12-2-4-16-13(8-12)14(19)9-17(21-16)10-1-3-15-11(7-10)5-6-20-15/h1-4,7-8,14,17,19H,5-6,9H2/t14-,17?/m1/s1. The zero-order chi connectivity index (χ0) is 14.4. The highest BCUT2D eigenvalue weighted by Gasteiger charge is 2.29. The first-order valence-corrected chi connectivity index (χ1v) is 7.10. The van der Waals surface area contributed by atoms with E-state index in [0.29, 0.717) is 17.7 Å². The van der Waals surface area contributed by atoms with Gasteiger partial charge in [-0.15, -0.1) is 0 Å². The van der Waals surface area contributed by atoms with E-state index >= 15 is 0 Å². The fraction of sp³-hybridized carbons (Fsp3) is 0.294. The fourth-order valence-electron chi connectivity index (χ4n) is 3.03. The van der Waals surface area contributed by atoms with E-state index in [-0.39, 0.29) is 11.9 Å². The molecule has 0 radical (unpaired) electrons. The number of aliphatic hydroxyl groups excluding tert-OH is 1. The van der Waals surface area contributed by atoms with E-state index in [0.717, 1.165) is 24.3 Å². The first kappa shape index (κ1) is 12.7. The second-order valence-electron chi connectivity index (χ2n) is 5.51. The van der Waals surface area contributed by atoms with Crippen molar-refractivity contribution in [2.45, 2.75) is 25.0 Å². The molecule has 4 heteroatoms. The Morgan fingerprint density at radius 2 is 1.95 bits per heavy atom. The van der Waals surface area contributed by atoms with Crippen molar-refractivity contribution in [1.82, 2.24) is 0 Å². The lowest BCUT2D eigenvalue weighted by molar-refractivity contribution is 0.0653. The molecule has 2 aromatic rings. The van der Waals surface area contributed by atoms with Gasteiger partial charge in [-0.2, -0.15) is 0 Å². The highest BCUT2D eigenvalue weighted by atomic mass is 19.1. The highest BCUT2D eigenvalue weighted by molar-refractivity contribution is 5.43. The van der Waals surface area contributed by atoms with Crippen molar-refractivity contribution >= 4 is 0 Å². The fourth-order valence-corrected chi connectivity index (χ4v) is 3.03. The molecule has 2 aliphatic heterocycles. The Morgan fingerprint density at radius 3 is 2.86 bits per heavy atom. The third kappa shape index (κ3) is 2.16. The normalized spacial score (nSPS) is 23.0. The van der Waals surface area contributed by atoms with E-state index in [2.05, 4.69) is 6.07 Å². The van der Waals surface area contributed by atoms with Gasteiger partial charge >= 0.3 is 0 Å². The molecule has 0 aromatic heterocycles. The number of ether oxygens (including phenoxy) is 2. The number of halogens is 1. The van der Waals surface area contributed by atoms with Crippen molar-refractivity contribution in [2.75, 3.05) is 6.61 Å². The summed E-state index contributed by atoms with van der Waals surface area (Å²) in [6, 6.07) is 10.3. The number of hydrogen-bond acceptors (Lipinski definition) is 3. The third-order valence-corrected chi connectivity index (χ3v) is 4.12. The number of hydrogen-bond donors (Lipinski definition) is 1. The van der Waals surface area contributed by atoms with Crippen LogP contribution in [0.5, 0.6) is 11.5 Å². The van der Waals surface area contributed by atoms with Gasteiger partial charge in [0.25, 0.3) is 0 Å². The topological polar surface area (TPSA) is 38.7 Å². The summed E-state index contributed by atoms with van der Waals surface area (Å²) in [5.41, 5.74) is 2.72. The van der Waals surface area contributed by atoms with Crippen LogP contribution in [0.15, 0.2) is 36.4 Å². The maximum atomic E-state index is 13.3. The lowest BCUT2D eigenvalue weighted by atomic mass is 9.94. The van der Waals surface area contributed by atoms with Crippen LogP contribution in [0.2, 0.25) is 0 Å². The van der Waals surface area contributed by atoms with Crippen molar-refractivity contribution in [3.63, 3.8) is 0 Å². The van der Waals surface area contributed by atoms with Gasteiger partial charge in [0.1, 0.15) is 23.4 Å². The molecule has 2 heterocycles. The Kier molecular flexibility index (Phi) is 2.86. The molecule has 0 saturated heterocycles. The smallest absolute Gasteiger partial charge is 0.127 e. The summed E-state index contributed by atoms with van der Waals surface area (Å²) >= 11 is 0. The molecule has 1 unspecified atom stereocenters. The van der Waals surface area contributed by atoms with Gasteiger partial charge in [-0.05, 0) is 41.5 Å². The Labute approximate surface area is 121 Å². The van der Waals surface area contributed by atoms with Gasteiger partial charge in [0.15, 0.2) is 0 Å². The van der Waals surface area contributed by atoms with Crippen LogP contribution in [0.3, 0.4) is 0 Å². The summed E-state index contributed by atoms with van der Waals surface area (Å²) in [6.45, 7) is 0.717. The summed E-state index contributed by atoms with van der Waals surface area (Å²) < 4.78 is 24.7. The van der Waals surface area contributed by atoms with Crippen LogP contribution in [-0.2, 0) is 6.42 Å². The lowest BCUT2D eigenvalue weighted by Crippen LogP contribution is -2.19. The average Bonchev–Trinajstić information content (AvgIpc) is 2.95. The second kappa shape index (κ2) is 4.74. The van der Waals surface area contributed by atoms with Gasteiger partial charge < -0.3 is 14.6 Å². The average molecular weight is 286 g/mol. The monoisotopic (exact) mass is 286 g/mol. The summed E-state index contributed by atoms with van der Waals surface area (Å²) in [7, 11) is 0. The number of rotatable bonds is 1. The second-order valence-corrected chi connectivity index (χ2v) is 5.51. The maximum absolute atomic E-state index is 13.3. The predicted octanol–water partition coefficient (Wildman–Crippen LogP) is 3.32. The minimum Gasteiger partial charge on any atom is -0.493 e. The third-order valence-electron chi connectivity index (χ3n) is 4.12. The minimum atomic E-state index is -0.709. The van der Waals surface area contributed by atoms with Crippen LogP contribution in [-0.4, -0.2) is 11.7 Å². The van der Waals surface area contributed by atoms with Crippen LogP contribution in [0.25, 0.3) is 0 Å². The summed E-state index contributed by atoms with van der Waals surface area (Å²) in [5.74, 6) is 1.12. The molecule has 0 aliphatic carbocycles. The van der Waals surface area contributed by atoms with Crippen molar-refractivity contribution in [3.05, 3.63) is 58.9 Å². The minimum absolute atomic E-state index is 0.219. The largest absolute Gasteiger partial charge is 0.493 e. The quantitative estimate of drug-likeness (QED) is 0.874. The van der Waals surface area contributed by atoms with E-state index < -0.39 is 6.10 Å². The molecule has 2 aliphatic rings. The van der Waals surface area contributed by atoms with Crippen molar-refractivity contribution in [2.24, 2.45) is 0 Å². The Hall–Kier alpha value is -2.07. The zero-order valence-electron chi connectivity index (χ0n) is 11.4. The molecular weight excluding hydrogens is 271 g/mol. The summed E-state index contributed by atoms with van der Waals surface area (Å²) in [4.78, 5) is 0. The van der Waals surface area contributed by atoms with Gasteiger partial charge in [0, 0.05) is 18.4 Å². The predicted molar refractivity (Wildman–Crippen MR) is 75.0 cm³/mol. The molecule has 4 rings (SSSR count). The van der Waals surface area contributed by atoms with Crippen molar-refractivity contribution in [3.8, 4) is 11.5 Å². The molecule has 1 N–H and O–H groups in total. The van der Waals surface area contributed by atoms with Crippen LogP contribution in [0.4, 0.5) is 4.39 Å². The van der Waals surface area contributed by atoms with Gasteiger partial charge in [-0.25, -0.2) is 4.39 Å². The molecule has 108 valence electrons. The van der Waals surface area contributed by atoms with Crippen molar-refractivity contribution in [1.29, 1.82) is 0 Å². The molecule has 0 spiro atoms. The lowest BCUT2D eigenvalue weighted by Gasteiger charge is -2.30. The molecular formula is C17H15FO3. The summed E-state index contributed by atoms with van der Waals surface area (Å²) in [5, 5.41) is 10.2. The van der Waals surface area contributed by atoms with Crippen LogP contribution >= 0.6 is 0 Å². The van der Waals surface area contributed by atoms with E-state index in [9.17, 15) is 9.50 Å². The number of aliphatic hydroxyl groups is 1. The van der Waals surface area contributed by atoms with Gasteiger partial charge in [-0.1, -0.05) is 6.07 Å². The maximum Gasteiger partial charge on any atom is 0.127 e. The van der Waals surface area contributed by atoms with E-state index in [1.165, 1.54) is 17.7 Å². The Balaban J connectivity index is 1.67. The first-order valence-electron chi connectivity index (χ1n) is 7.10. The molecule has 2 aromatic carbocycles. The highest BCUT2D eigenvalue weighted by Crippen LogP contribution is 2.42. The zero-order valence-corrected chi connectivity index (χ0v) is 11.4. The molecule has 21 heavy (non-hydrogen) atoms. The molecule has 0 bridgehead atoms. The molecule has 0 amide bonds. The van der Waals surface area contributed by atoms with Crippen molar-refractivity contribution < 1.29 is 19.0 Å². The molecule has 3 nitrogen and oxygen atoms in total. The molecule has 0 fully saturated rings. The number of fused-ring (bicyclic) bond motifs is 2. The van der Waals surface area contributed by atoms with Crippen LogP contribution in [0, 0.1) is 5.82 Å². The van der Waals surface area contributed by atoms with Crippen LogP contribution in [0.1, 0.15) is 35.3 Å². The Bertz CT molecular complexity index is 698. The first-order chi connectivity index (χ1) is 10.2. The van der Waals surface area contributed by atoms with Crippen LogP contribution < -0.4 is 9.47 Å². The van der Waals surface area contributed by atoms with E-state index in [1.54, 1.807) is 6.07 Å². The van der Waals surface area contributed by atoms with Gasteiger partial charge in [-0.3, -0.25) is 0 Å².